The van der Waals surface area contributed by atoms with E-state index in [4.69, 9.17) is 5.26 Å². The molecule has 0 aliphatic rings. The number of benzene rings is 4. The van der Waals surface area contributed by atoms with Gasteiger partial charge in [-0.3, -0.25) is 0 Å². The third-order valence-corrected chi connectivity index (χ3v) is 6.50. The number of hydrogen-bond acceptors (Lipinski definition) is 1. The normalized spacial score (nSPS) is 11.3. The molecule has 0 amide bonds. The van der Waals surface area contributed by atoms with Crippen molar-refractivity contribution in [1.29, 1.82) is 5.26 Å². The van der Waals surface area contributed by atoms with Gasteiger partial charge in [0.25, 0.3) is 0 Å². The van der Waals surface area contributed by atoms with Crippen molar-refractivity contribution in [3.63, 3.8) is 0 Å². The zero-order valence-electron chi connectivity index (χ0n) is 20.0. The van der Waals surface area contributed by atoms with E-state index in [1.165, 1.54) is 0 Å². The molecule has 0 unspecified atom stereocenters. The summed E-state index contributed by atoms with van der Waals surface area (Å²) in [4.78, 5) is 0. The number of allylic oxidation sites excluding steroid dienone is 2. The van der Waals surface area contributed by atoms with E-state index < -0.39 is 0 Å². The lowest BCUT2D eigenvalue weighted by atomic mass is 9.96. The molecule has 0 radical (unpaired) electrons. The molecule has 0 aliphatic carbocycles. The molecule has 4 aromatic carbocycles. The summed E-state index contributed by atoms with van der Waals surface area (Å²) >= 11 is 0. The molecular weight excluding hydrogens is 436 g/mol. The molecule has 0 aliphatic heterocycles. The molecular formula is C32H29F2N. The maximum atomic E-state index is 15.2. The van der Waals surface area contributed by atoms with Crippen LogP contribution >= 0.6 is 0 Å². The second-order valence-electron chi connectivity index (χ2n) is 8.94. The molecule has 35 heavy (non-hydrogen) atoms. The third kappa shape index (κ3) is 6.22. The zero-order valence-corrected chi connectivity index (χ0v) is 20.0. The van der Waals surface area contributed by atoms with Crippen LogP contribution in [-0.4, -0.2) is 0 Å². The fourth-order valence-electron chi connectivity index (χ4n) is 4.40. The number of halogens is 2. The minimum absolute atomic E-state index is 0.151. The molecule has 0 heterocycles. The van der Waals surface area contributed by atoms with Gasteiger partial charge in [0.05, 0.1) is 11.6 Å². The van der Waals surface area contributed by atoms with E-state index in [0.717, 1.165) is 34.9 Å². The van der Waals surface area contributed by atoms with Crippen LogP contribution in [0.15, 0.2) is 84.9 Å². The van der Waals surface area contributed by atoms with Gasteiger partial charge >= 0.3 is 0 Å². The Labute approximate surface area is 206 Å². The summed E-state index contributed by atoms with van der Waals surface area (Å²) in [5.74, 6) is -0.330. The van der Waals surface area contributed by atoms with Crippen molar-refractivity contribution in [2.24, 2.45) is 0 Å². The second kappa shape index (κ2) is 11.6. The van der Waals surface area contributed by atoms with Gasteiger partial charge in [0, 0.05) is 5.39 Å². The minimum Gasteiger partial charge on any atom is -0.207 e. The van der Waals surface area contributed by atoms with Crippen molar-refractivity contribution in [1.82, 2.24) is 0 Å². The molecule has 176 valence electrons. The van der Waals surface area contributed by atoms with Gasteiger partial charge in [-0.25, -0.2) is 8.78 Å². The summed E-state index contributed by atoms with van der Waals surface area (Å²) in [7, 11) is 0. The molecule has 4 aromatic rings. The molecule has 0 bridgehead atoms. The first-order valence-electron chi connectivity index (χ1n) is 12.1. The van der Waals surface area contributed by atoms with Gasteiger partial charge < -0.3 is 0 Å². The van der Waals surface area contributed by atoms with Crippen LogP contribution in [-0.2, 0) is 32.1 Å². The lowest BCUT2D eigenvalue weighted by Crippen LogP contribution is -1.98. The maximum Gasteiger partial charge on any atom is 0.134 e. The molecule has 0 saturated carbocycles. The van der Waals surface area contributed by atoms with E-state index >= 15 is 4.39 Å². The first-order chi connectivity index (χ1) is 17.1. The molecule has 3 heteroatoms. The molecule has 0 N–H and O–H groups in total. The number of aryl methyl sites for hydroxylation is 5. The topological polar surface area (TPSA) is 23.8 Å². The molecule has 1 nitrogen and oxygen atoms in total. The summed E-state index contributed by atoms with van der Waals surface area (Å²) < 4.78 is 29.7. The van der Waals surface area contributed by atoms with E-state index in [1.54, 1.807) is 18.2 Å². The Morgan fingerprint density at radius 2 is 1.37 bits per heavy atom. The van der Waals surface area contributed by atoms with Crippen molar-refractivity contribution in [3.8, 4) is 6.07 Å². The molecule has 0 saturated heterocycles. The Morgan fingerprint density at radius 3 is 2.11 bits per heavy atom. The molecule has 0 aromatic heterocycles. The minimum atomic E-state index is -0.178. The van der Waals surface area contributed by atoms with Crippen molar-refractivity contribution >= 4 is 10.8 Å². The van der Waals surface area contributed by atoms with Crippen LogP contribution in [0.1, 0.15) is 46.7 Å². The predicted octanol–water partition coefficient (Wildman–Crippen LogP) is 8.07. The third-order valence-electron chi connectivity index (χ3n) is 6.50. The largest absolute Gasteiger partial charge is 0.207 e. The van der Waals surface area contributed by atoms with E-state index in [9.17, 15) is 4.39 Å². The predicted molar refractivity (Wildman–Crippen MR) is 139 cm³/mol. The summed E-state index contributed by atoms with van der Waals surface area (Å²) in [6, 6.07) is 24.7. The molecule has 0 spiro atoms. The quantitative estimate of drug-likeness (QED) is 0.229. The molecule has 0 fully saturated rings. The monoisotopic (exact) mass is 465 g/mol. The van der Waals surface area contributed by atoms with E-state index in [-0.39, 0.29) is 11.6 Å². The molecule has 0 atom stereocenters. The van der Waals surface area contributed by atoms with Crippen LogP contribution in [0.4, 0.5) is 8.78 Å². The summed E-state index contributed by atoms with van der Waals surface area (Å²) in [5, 5.41) is 10.4. The first-order valence-corrected chi connectivity index (χ1v) is 12.1. The Morgan fingerprint density at radius 1 is 0.714 bits per heavy atom. The van der Waals surface area contributed by atoms with Crippen molar-refractivity contribution < 1.29 is 8.78 Å². The second-order valence-corrected chi connectivity index (χ2v) is 8.94. The lowest BCUT2D eigenvalue weighted by Gasteiger charge is -2.10. The summed E-state index contributed by atoms with van der Waals surface area (Å²) in [5.41, 5.74) is 5.19. The summed E-state index contributed by atoms with van der Waals surface area (Å²) in [6.07, 6.45) is 8.48. The Kier molecular flexibility index (Phi) is 8.06. The van der Waals surface area contributed by atoms with Crippen LogP contribution in [0, 0.1) is 23.0 Å². The van der Waals surface area contributed by atoms with E-state index in [2.05, 4.69) is 12.1 Å². The standard InChI is InChI=1S/C32H29F2N/c1-2-3-4-5-24-11-14-27(31(33)21-24)15-12-25-13-19-30-29(20-25)18-17-28(32(30)34)16-10-23-6-8-26(22-35)9-7-23/h2-3,6-9,11,13-14,17-21H,4-5,10,12,15-16H2,1H3/b3-2+. The van der Waals surface area contributed by atoms with Gasteiger partial charge in [0.2, 0.25) is 0 Å². The first kappa shape index (κ1) is 24.4. The van der Waals surface area contributed by atoms with Crippen molar-refractivity contribution in [2.45, 2.75) is 45.4 Å². The van der Waals surface area contributed by atoms with Gasteiger partial charge in [-0.15, -0.1) is 0 Å². The van der Waals surface area contributed by atoms with Gasteiger partial charge in [-0.05, 0) is 96.9 Å². The SMILES string of the molecule is C/C=C/CCc1ccc(CCc2ccc3c(F)c(CCc4ccc(C#N)cc4)ccc3c2)c(F)c1. The van der Waals surface area contributed by atoms with Gasteiger partial charge in [-0.2, -0.15) is 5.26 Å². The zero-order chi connectivity index (χ0) is 24.6. The maximum absolute atomic E-state index is 15.2. The highest BCUT2D eigenvalue weighted by Crippen LogP contribution is 2.25. The number of fused-ring (bicyclic) bond motifs is 1. The van der Waals surface area contributed by atoms with E-state index in [1.807, 2.05) is 67.6 Å². The average molecular weight is 466 g/mol. The smallest absolute Gasteiger partial charge is 0.134 e. The number of nitriles is 1. The van der Waals surface area contributed by atoms with Crippen molar-refractivity contribution in [3.05, 3.63) is 130 Å². The number of rotatable bonds is 9. The Balaban J connectivity index is 1.41. The van der Waals surface area contributed by atoms with Gasteiger partial charge in [0.15, 0.2) is 0 Å². The van der Waals surface area contributed by atoms with Crippen LogP contribution in [0.2, 0.25) is 0 Å². The highest BCUT2D eigenvalue weighted by molar-refractivity contribution is 5.84. The van der Waals surface area contributed by atoms with Crippen LogP contribution in [0.25, 0.3) is 10.8 Å². The Hall–Kier alpha value is -3.77. The van der Waals surface area contributed by atoms with E-state index in [0.29, 0.717) is 47.8 Å². The highest BCUT2D eigenvalue weighted by atomic mass is 19.1. The fraction of sp³-hybridized carbons (Fsp3) is 0.219. The van der Waals surface area contributed by atoms with Crippen LogP contribution in [0.3, 0.4) is 0 Å². The Bertz CT molecular complexity index is 1380. The average Bonchev–Trinajstić information content (AvgIpc) is 2.88. The van der Waals surface area contributed by atoms with Gasteiger partial charge in [-0.1, -0.05) is 66.7 Å². The van der Waals surface area contributed by atoms with Crippen LogP contribution in [0.5, 0.6) is 0 Å². The number of nitrogens with zero attached hydrogens (tertiary/aromatic N) is 1. The van der Waals surface area contributed by atoms with Crippen molar-refractivity contribution in [2.75, 3.05) is 0 Å². The lowest BCUT2D eigenvalue weighted by molar-refractivity contribution is 0.606. The molecule has 4 rings (SSSR count). The summed E-state index contributed by atoms with van der Waals surface area (Å²) in [6.45, 7) is 1.99. The number of hydrogen-bond donors (Lipinski definition) is 0. The fourth-order valence-corrected chi connectivity index (χ4v) is 4.40. The van der Waals surface area contributed by atoms with Gasteiger partial charge in [0.1, 0.15) is 11.6 Å². The highest BCUT2D eigenvalue weighted by Gasteiger charge is 2.10. The van der Waals surface area contributed by atoms with Crippen LogP contribution < -0.4 is 0 Å².